The molecule has 2 amide bonds. The van der Waals surface area contributed by atoms with Crippen molar-refractivity contribution in [1.82, 2.24) is 10.2 Å². The van der Waals surface area contributed by atoms with Gasteiger partial charge < -0.3 is 20.4 Å². The predicted octanol–water partition coefficient (Wildman–Crippen LogP) is 3.62. The number of amides is 2. The molecule has 0 bridgehead atoms. The molecule has 1 fully saturated rings. The number of rotatable bonds is 6. The van der Waals surface area contributed by atoms with Crippen LogP contribution in [0.3, 0.4) is 0 Å². The second-order valence-electron chi connectivity index (χ2n) is 8.00. The third kappa shape index (κ3) is 5.34. The van der Waals surface area contributed by atoms with E-state index in [2.05, 4.69) is 39.6 Å². The number of para-hydroxylation sites is 1. The summed E-state index contributed by atoms with van der Waals surface area (Å²) in [5, 5.41) is 5.88. The van der Waals surface area contributed by atoms with Gasteiger partial charge in [0.1, 0.15) is 0 Å². The molecule has 0 aromatic heterocycles. The summed E-state index contributed by atoms with van der Waals surface area (Å²) in [5.74, 6) is -0.317. The Morgan fingerprint density at radius 1 is 0.750 bits per heavy atom. The van der Waals surface area contributed by atoms with Gasteiger partial charge in [-0.2, -0.15) is 0 Å². The minimum absolute atomic E-state index is 0.140. The molecule has 2 N–H and O–H groups in total. The number of nitrogens with one attached hydrogen (secondary N) is 2. The van der Waals surface area contributed by atoms with Gasteiger partial charge >= 0.3 is 0 Å². The first kappa shape index (κ1) is 21.6. The average Bonchev–Trinajstić information content (AvgIpc) is 2.84. The highest BCUT2D eigenvalue weighted by molar-refractivity contribution is 6.04. The smallest absolute Gasteiger partial charge is 0.255 e. The van der Waals surface area contributed by atoms with E-state index in [9.17, 15) is 9.59 Å². The lowest BCUT2D eigenvalue weighted by Gasteiger charge is -2.35. The third-order valence-electron chi connectivity index (χ3n) is 5.72. The van der Waals surface area contributed by atoms with Gasteiger partial charge in [0.15, 0.2) is 0 Å². The minimum Gasteiger partial charge on any atom is -0.369 e. The van der Waals surface area contributed by atoms with Gasteiger partial charge in [-0.1, -0.05) is 36.4 Å². The molecule has 6 heteroatoms. The van der Waals surface area contributed by atoms with Crippen molar-refractivity contribution in [3.63, 3.8) is 0 Å². The van der Waals surface area contributed by atoms with Crippen molar-refractivity contribution in [1.29, 1.82) is 0 Å². The van der Waals surface area contributed by atoms with Gasteiger partial charge in [-0.05, 0) is 55.1 Å². The van der Waals surface area contributed by atoms with Crippen molar-refractivity contribution in [2.75, 3.05) is 43.4 Å². The van der Waals surface area contributed by atoms with Crippen LogP contribution in [0.4, 0.5) is 11.4 Å². The topological polar surface area (TPSA) is 64.7 Å². The maximum absolute atomic E-state index is 12.7. The van der Waals surface area contributed by atoms with Gasteiger partial charge in [-0.3, -0.25) is 9.59 Å². The maximum Gasteiger partial charge on any atom is 0.255 e. The Morgan fingerprint density at radius 3 is 2.09 bits per heavy atom. The zero-order valence-electron chi connectivity index (χ0n) is 18.3. The summed E-state index contributed by atoms with van der Waals surface area (Å²) in [7, 11) is 2.14. The number of hydrogen-bond donors (Lipinski definition) is 2. The van der Waals surface area contributed by atoms with E-state index in [0.29, 0.717) is 23.4 Å². The molecule has 0 spiro atoms. The molecule has 6 nitrogen and oxygen atoms in total. The normalized spacial score (nSPS) is 14.1. The Morgan fingerprint density at radius 2 is 1.38 bits per heavy atom. The summed E-state index contributed by atoms with van der Waals surface area (Å²) in [4.78, 5) is 29.7. The Kier molecular flexibility index (Phi) is 6.82. The van der Waals surface area contributed by atoms with Gasteiger partial charge in [0, 0.05) is 55.2 Å². The lowest BCUT2D eigenvalue weighted by molar-refractivity contribution is 0.0950. The molecule has 32 heavy (non-hydrogen) atoms. The van der Waals surface area contributed by atoms with Crippen LogP contribution >= 0.6 is 0 Å². The molecule has 3 aromatic carbocycles. The van der Waals surface area contributed by atoms with Crippen LogP contribution < -0.4 is 15.5 Å². The van der Waals surface area contributed by atoms with Crippen LogP contribution in [0.15, 0.2) is 78.9 Å². The number of carbonyl (C=O) groups excluding carboxylic acids is 2. The van der Waals surface area contributed by atoms with E-state index in [-0.39, 0.29) is 11.8 Å². The summed E-state index contributed by atoms with van der Waals surface area (Å²) in [6.07, 6.45) is 0. The highest BCUT2D eigenvalue weighted by Gasteiger charge is 2.17. The van der Waals surface area contributed by atoms with Crippen molar-refractivity contribution in [3.8, 4) is 0 Å². The largest absolute Gasteiger partial charge is 0.369 e. The first-order valence-electron chi connectivity index (χ1n) is 10.9. The van der Waals surface area contributed by atoms with Gasteiger partial charge in [0.25, 0.3) is 11.8 Å². The van der Waals surface area contributed by atoms with Crippen LogP contribution in [0.1, 0.15) is 26.3 Å². The van der Waals surface area contributed by atoms with Crippen LogP contribution in [0, 0.1) is 0 Å². The van der Waals surface area contributed by atoms with Crippen LogP contribution in [0.2, 0.25) is 0 Å². The molecule has 1 aliphatic rings. The Bertz CT molecular complexity index is 1060. The number of benzene rings is 3. The standard InChI is InChI=1S/C26H28N4O2/c1-29-15-17-30(18-16-29)24-10-6-5-9-22(24)19-27-25(31)21-11-13-23(14-12-21)28-26(32)20-7-3-2-4-8-20/h2-14H,15-19H2,1H3,(H,27,31)(H,28,32). The summed E-state index contributed by atoms with van der Waals surface area (Å²) in [6.45, 7) is 4.50. The van der Waals surface area contributed by atoms with Crippen LogP contribution in [-0.2, 0) is 6.54 Å². The van der Waals surface area contributed by atoms with E-state index in [4.69, 9.17) is 0 Å². The Hall–Kier alpha value is -3.64. The van der Waals surface area contributed by atoms with E-state index < -0.39 is 0 Å². The number of piperazine rings is 1. The lowest BCUT2D eigenvalue weighted by Crippen LogP contribution is -2.45. The zero-order chi connectivity index (χ0) is 22.3. The summed E-state index contributed by atoms with van der Waals surface area (Å²) in [6, 6.07) is 24.2. The van der Waals surface area contributed by atoms with E-state index in [1.54, 1.807) is 36.4 Å². The Balaban J connectivity index is 1.35. The molecular weight excluding hydrogens is 400 g/mol. The number of nitrogens with zero attached hydrogens (tertiary/aromatic N) is 2. The average molecular weight is 429 g/mol. The Labute approximate surface area is 188 Å². The van der Waals surface area contributed by atoms with Gasteiger partial charge in [0.2, 0.25) is 0 Å². The van der Waals surface area contributed by atoms with Crippen molar-refractivity contribution >= 4 is 23.2 Å². The molecule has 0 atom stereocenters. The van der Waals surface area contributed by atoms with Crippen LogP contribution in [-0.4, -0.2) is 49.9 Å². The SMILES string of the molecule is CN1CCN(c2ccccc2CNC(=O)c2ccc(NC(=O)c3ccccc3)cc2)CC1. The maximum atomic E-state index is 12.7. The first-order chi connectivity index (χ1) is 15.6. The molecule has 0 aliphatic carbocycles. The molecule has 1 saturated heterocycles. The van der Waals surface area contributed by atoms with Crippen molar-refractivity contribution in [2.45, 2.75) is 6.54 Å². The van der Waals surface area contributed by atoms with E-state index in [0.717, 1.165) is 31.7 Å². The first-order valence-corrected chi connectivity index (χ1v) is 10.9. The van der Waals surface area contributed by atoms with Gasteiger partial charge in [0.05, 0.1) is 0 Å². The van der Waals surface area contributed by atoms with Crippen molar-refractivity contribution in [2.24, 2.45) is 0 Å². The molecule has 1 heterocycles. The number of anilines is 2. The fourth-order valence-electron chi connectivity index (χ4n) is 3.79. The molecule has 164 valence electrons. The third-order valence-corrected chi connectivity index (χ3v) is 5.72. The van der Waals surface area contributed by atoms with E-state index in [1.165, 1.54) is 5.69 Å². The molecule has 0 unspecified atom stereocenters. The second kappa shape index (κ2) is 10.1. The van der Waals surface area contributed by atoms with Gasteiger partial charge in [-0.25, -0.2) is 0 Å². The number of hydrogen-bond acceptors (Lipinski definition) is 4. The van der Waals surface area contributed by atoms with Crippen molar-refractivity contribution < 1.29 is 9.59 Å². The molecule has 0 radical (unpaired) electrons. The van der Waals surface area contributed by atoms with Crippen molar-refractivity contribution in [3.05, 3.63) is 95.6 Å². The number of likely N-dealkylation sites (N-methyl/N-ethyl adjacent to an activating group) is 1. The van der Waals surface area contributed by atoms with Crippen LogP contribution in [0.5, 0.6) is 0 Å². The summed E-state index contributed by atoms with van der Waals surface area (Å²) in [5.41, 5.74) is 4.08. The second-order valence-corrected chi connectivity index (χ2v) is 8.00. The fraction of sp³-hybridized carbons (Fsp3) is 0.231. The van der Waals surface area contributed by atoms with Crippen LogP contribution in [0.25, 0.3) is 0 Å². The fourth-order valence-corrected chi connectivity index (χ4v) is 3.79. The molecule has 4 rings (SSSR count). The number of carbonyl (C=O) groups is 2. The highest BCUT2D eigenvalue weighted by Crippen LogP contribution is 2.22. The zero-order valence-corrected chi connectivity index (χ0v) is 18.3. The quantitative estimate of drug-likeness (QED) is 0.630. The summed E-state index contributed by atoms with van der Waals surface area (Å²) >= 11 is 0. The monoisotopic (exact) mass is 428 g/mol. The highest BCUT2D eigenvalue weighted by atomic mass is 16.2. The van der Waals surface area contributed by atoms with E-state index >= 15 is 0 Å². The minimum atomic E-state index is -0.177. The van der Waals surface area contributed by atoms with E-state index in [1.807, 2.05) is 30.3 Å². The molecule has 3 aromatic rings. The van der Waals surface area contributed by atoms with Gasteiger partial charge in [-0.15, -0.1) is 0 Å². The molecule has 0 saturated carbocycles. The molecule has 1 aliphatic heterocycles. The molecular formula is C26H28N4O2. The predicted molar refractivity (Wildman–Crippen MR) is 128 cm³/mol. The summed E-state index contributed by atoms with van der Waals surface area (Å²) < 4.78 is 0. The lowest BCUT2D eigenvalue weighted by atomic mass is 10.1.